The number of alkyl halides is 1. The van der Waals surface area contributed by atoms with Crippen LogP contribution in [0.3, 0.4) is 0 Å². The Hall–Kier alpha value is -0.590. The van der Waals surface area contributed by atoms with E-state index in [9.17, 15) is 8.42 Å². The van der Waals surface area contributed by atoms with Gasteiger partial charge in [0.15, 0.2) is 5.03 Å². The third-order valence-electron chi connectivity index (χ3n) is 3.59. The number of sulfonamides is 1. The van der Waals surface area contributed by atoms with Gasteiger partial charge in [0.2, 0.25) is 0 Å². The number of nitrogens with one attached hydrogen (secondary N) is 1. The summed E-state index contributed by atoms with van der Waals surface area (Å²) in [6.45, 7) is 7.05. The van der Waals surface area contributed by atoms with Crippen molar-refractivity contribution in [2.24, 2.45) is 11.8 Å². The molecular weight excluding hydrogens is 286 g/mol. The van der Waals surface area contributed by atoms with Gasteiger partial charge in [0.25, 0.3) is 10.0 Å². The van der Waals surface area contributed by atoms with Gasteiger partial charge in [-0.15, -0.1) is 11.6 Å². The predicted molar refractivity (Wildman–Crippen MR) is 74.6 cm³/mol. The van der Waals surface area contributed by atoms with Crippen molar-refractivity contribution in [3.63, 3.8) is 0 Å². The standard InChI is InChI=1S/C12H20ClN3O2S/c1-8-4-9(2)7-16(6-8)19(17,18)12-11(5-13)10(3)14-15-12/h8-9H,4-7H2,1-3H3,(H,14,15). The second kappa shape index (κ2) is 5.42. The largest absolute Gasteiger partial charge is 0.281 e. The lowest BCUT2D eigenvalue weighted by molar-refractivity contribution is 0.222. The highest BCUT2D eigenvalue weighted by Crippen LogP contribution is 2.28. The summed E-state index contributed by atoms with van der Waals surface area (Å²) in [5.41, 5.74) is 1.29. The van der Waals surface area contributed by atoms with Crippen LogP contribution >= 0.6 is 11.6 Å². The lowest BCUT2D eigenvalue weighted by Gasteiger charge is -2.33. The molecule has 1 fully saturated rings. The molecule has 0 saturated carbocycles. The fourth-order valence-electron chi connectivity index (χ4n) is 2.73. The zero-order chi connectivity index (χ0) is 14.2. The van der Waals surface area contributed by atoms with Gasteiger partial charge in [-0.3, -0.25) is 5.10 Å². The predicted octanol–water partition coefficient (Wildman–Crippen LogP) is 2.12. The maximum atomic E-state index is 12.7. The van der Waals surface area contributed by atoms with Crippen LogP contribution in [-0.2, 0) is 15.9 Å². The minimum absolute atomic E-state index is 0.0845. The van der Waals surface area contributed by atoms with Crippen LogP contribution in [0.5, 0.6) is 0 Å². The summed E-state index contributed by atoms with van der Waals surface area (Å²) >= 11 is 5.84. The number of hydrogen-bond donors (Lipinski definition) is 1. The van der Waals surface area contributed by atoms with E-state index in [1.807, 2.05) is 0 Å². The molecule has 1 aromatic rings. The van der Waals surface area contributed by atoms with E-state index in [-0.39, 0.29) is 10.9 Å². The van der Waals surface area contributed by atoms with Crippen LogP contribution in [0.1, 0.15) is 31.5 Å². The molecule has 2 unspecified atom stereocenters. The van der Waals surface area contributed by atoms with Crippen LogP contribution in [0.15, 0.2) is 5.03 Å². The molecule has 1 saturated heterocycles. The van der Waals surface area contributed by atoms with Crippen molar-refractivity contribution in [1.82, 2.24) is 14.5 Å². The number of aromatic amines is 1. The lowest BCUT2D eigenvalue weighted by Crippen LogP contribution is -2.42. The van der Waals surface area contributed by atoms with E-state index in [0.29, 0.717) is 36.2 Å². The minimum atomic E-state index is -3.54. The van der Waals surface area contributed by atoms with Gasteiger partial charge in [-0.1, -0.05) is 13.8 Å². The maximum absolute atomic E-state index is 12.7. The average Bonchev–Trinajstić information content (AvgIpc) is 2.69. The molecule has 1 aliphatic heterocycles. The van der Waals surface area contributed by atoms with Gasteiger partial charge in [0.05, 0.1) is 5.88 Å². The molecule has 0 radical (unpaired) electrons. The van der Waals surface area contributed by atoms with E-state index in [4.69, 9.17) is 11.6 Å². The highest BCUT2D eigenvalue weighted by molar-refractivity contribution is 7.89. The van der Waals surface area contributed by atoms with E-state index >= 15 is 0 Å². The Balaban J connectivity index is 2.36. The number of hydrogen-bond acceptors (Lipinski definition) is 3. The van der Waals surface area contributed by atoms with Crippen molar-refractivity contribution in [2.45, 2.75) is 38.1 Å². The number of rotatable bonds is 3. The molecule has 2 heterocycles. The van der Waals surface area contributed by atoms with Crippen molar-refractivity contribution in [1.29, 1.82) is 0 Å². The summed E-state index contributed by atoms with van der Waals surface area (Å²) in [4.78, 5) is 0. The number of nitrogens with zero attached hydrogens (tertiary/aromatic N) is 2. The first-order valence-electron chi connectivity index (χ1n) is 6.46. The third-order valence-corrected chi connectivity index (χ3v) is 5.66. The minimum Gasteiger partial charge on any atom is -0.281 e. The topological polar surface area (TPSA) is 66.1 Å². The second-order valence-corrected chi connectivity index (χ2v) is 7.65. The molecule has 0 aromatic carbocycles. The van der Waals surface area contributed by atoms with Crippen LogP contribution in [-0.4, -0.2) is 36.0 Å². The van der Waals surface area contributed by atoms with Gasteiger partial charge < -0.3 is 0 Å². The Labute approximate surface area is 119 Å². The van der Waals surface area contributed by atoms with Gasteiger partial charge in [0, 0.05) is 24.3 Å². The normalized spacial score (nSPS) is 25.7. The molecule has 19 heavy (non-hydrogen) atoms. The zero-order valence-electron chi connectivity index (χ0n) is 11.5. The Morgan fingerprint density at radius 1 is 1.37 bits per heavy atom. The van der Waals surface area contributed by atoms with Crippen LogP contribution in [0.2, 0.25) is 0 Å². The fraction of sp³-hybridized carbons (Fsp3) is 0.750. The fourth-order valence-corrected chi connectivity index (χ4v) is 4.97. The van der Waals surface area contributed by atoms with Crippen molar-refractivity contribution < 1.29 is 8.42 Å². The Kier molecular flexibility index (Phi) is 4.23. The highest BCUT2D eigenvalue weighted by Gasteiger charge is 2.34. The van der Waals surface area contributed by atoms with E-state index in [1.165, 1.54) is 4.31 Å². The highest BCUT2D eigenvalue weighted by atomic mass is 35.5. The van der Waals surface area contributed by atoms with E-state index in [2.05, 4.69) is 24.0 Å². The van der Waals surface area contributed by atoms with E-state index in [0.717, 1.165) is 6.42 Å². The number of aryl methyl sites for hydroxylation is 1. The second-order valence-electron chi connectivity index (χ2n) is 5.53. The summed E-state index contributed by atoms with van der Waals surface area (Å²) in [5.74, 6) is 0.895. The molecule has 108 valence electrons. The lowest BCUT2D eigenvalue weighted by atomic mass is 9.94. The number of aromatic nitrogens is 2. The molecular formula is C12H20ClN3O2S. The van der Waals surface area contributed by atoms with Crippen molar-refractivity contribution in [2.75, 3.05) is 13.1 Å². The SMILES string of the molecule is Cc1[nH]nc(S(=O)(=O)N2CC(C)CC(C)C2)c1CCl. The van der Waals surface area contributed by atoms with Crippen LogP contribution in [0.25, 0.3) is 0 Å². The first kappa shape index (κ1) is 14.8. The monoisotopic (exact) mass is 305 g/mol. The Morgan fingerprint density at radius 2 is 1.95 bits per heavy atom. The number of halogens is 1. The van der Waals surface area contributed by atoms with Crippen LogP contribution in [0.4, 0.5) is 0 Å². The van der Waals surface area contributed by atoms with E-state index in [1.54, 1.807) is 6.92 Å². The average molecular weight is 306 g/mol. The van der Waals surface area contributed by atoms with Gasteiger partial charge in [-0.05, 0) is 25.2 Å². The third kappa shape index (κ3) is 2.80. The molecule has 2 atom stereocenters. The Morgan fingerprint density at radius 3 is 2.47 bits per heavy atom. The van der Waals surface area contributed by atoms with Crippen molar-refractivity contribution in [3.8, 4) is 0 Å². The molecule has 0 bridgehead atoms. The summed E-state index contributed by atoms with van der Waals surface area (Å²) < 4.78 is 26.9. The first-order valence-corrected chi connectivity index (χ1v) is 8.43. The molecule has 5 nitrogen and oxygen atoms in total. The van der Waals surface area contributed by atoms with Gasteiger partial charge >= 0.3 is 0 Å². The molecule has 7 heteroatoms. The van der Waals surface area contributed by atoms with Gasteiger partial charge in [-0.25, -0.2) is 8.42 Å². The molecule has 0 aliphatic carbocycles. The molecule has 2 rings (SSSR count). The maximum Gasteiger partial charge on any atom is 0.262 e. The molecule has 0 spiro atoms. The summed E-state index contributed by atoms with van der Waals surface area (Å²) in [5, 5.41) is 6.74. The summed E-state index contributed by atoms with van der Waals surface area (Å²) in [7, 11) is -3.54. The smallest absolute Gasteiger partial charge is 0.262 e. The molecule has 1 aromatic heterocycles. The quantitative estimate of drug-likeness (QED) is 0.870. The Bertz CT molecular complexity index is 545. The molecule has 1 N–H and O–H groups in total. The van der Waals surface area contributed by atoms with Crippen LogP contribution in [0, 0.1) is 18.8 Å². The molecule has 1 aliphatic rings. The molecule has 0 amide bonds. The summed E-state index contributed by atoms with van der Waals surface area (Å²) in [6.07, 6.45) is 1.06. The van der Waals surface area contributed by atoms with E-state index < -0.39 is 10.0 Å². The number of piperidine rings is 1. The zero-order valence-corrected chi connectivity index (χ0v) is 13.1. The van der Waals surface area contributed by atoms with Gasteiger partial charge in [-0.2, -0.15) is 9.40 Å². The van der Waals surface area contributed by atoms with Gasteiger partial charge in [0.1, 0.15) is 0 Å². The van der Waals surface area contributed by atoms with Crippen molar-refractivity contribution >= 4 is 21.6 Å². The van der Waals surface area contributed by atoms with Crippen LogP contribution < -0.4 is 0 Å². The van der Waals surface area contributed by atoms with Crippen molar-refractivity contribution in [3.05, 3.63) is 11.3 Å². The summed E-state index contributed by atoms with van der Waals surface area (Å²) in [6, 6.07) is 0. The number of H-pyrrole nitrogens is 1. The first-order chi connectivity index (χ1) is 8.86.